The van der Waals surface area contributed by atoms with E-state index in [1.54, 1.807) is 0 Å². The van der Waals surface area contributed by atoms with Gasteiger partial charge in [0.05, 0.1) is 16.4 Å². The first-order valence-corrected chi connectivity index (χ1v) is 8.45. The fourth-order valence-electron chi connectivity index (χ4n) is 2.92. The number of nitrogens with zero attached hydrogens (tertiary/aromatic N) is 3. The van der Waals surface area contributed by atoms with Crippen molar-refractivity contribution in [3.63, 3.8) is 0 Å². The number of aromatic nitrogens is 2. The summed E-state index contributed by atoms with van der Waals surface area (Å²) in [4.78, 5) is 7.21. The second-order valence-electron chi connectivity index (χ2n) is 5.73. The van der Waals surface area contributed by atoms with Gasteiger partial charge in [0.2, 0.25) is 0 Å². The molecule has 1 atom stereocenters. The zero-order chi connectivity index (χ0) is 15.0. The minimum Gasteiger partial charge on any atom is -0.325 e. The first-order chi connectivity index (χ1) is 10.1. The number of benzene rings is 1. The molecule has 1 aromatic carbocycles. The fourth-order valence-corrected chi connectivity index (χ4v) is 3.25. The third kappa shape index (κ3) is 3.20. The molecule has 1 aromatic heterocycles. The van der Waals surface area contributed by atoms with E-state index in [9.17, 15) is 0 Å². The molecule has 3 rings (SSSR count). The van der Waals surface area contributed by atoms with Gasteiger partial charge in [0.1, 0.15) is 5.82 Å². The van der Waals surface area contributed by atoms with Crippen LogP contribution in [0, 0.1) is 0 Å². The van der Waals surface area contributed by atoms with E-state index >= 15 is 0 Å². The van der Waals surface area contributed by atoms with Gasteiger partial charge in [-0.15, -0.1) is 11.6 Å². The number of fused-ring (bicyclic) bond motifs is 1. The van der Waals surface area contributed by atoms with Gasteiger partial charge in [0.15, 0.2) is 0 Å². The predicted octanol–water partition coefficient (Wildman–Crippen LogP) is 4.47. The summed E-state index contributed by atoms with van der Waals surface area (Å²) in [5.74, 6) is 0.931. The van der Waals surface area contributed by atoms with Crippen molar-refractivity contribution in [1.29, 1.82) is 0 Å². The Bertz CT molecular complexity index is 632. The molecule has 21 heavy (non-hydrogen) atoms. The SMILES string of the molecule is CCN(CCn1c(C(C)Cl)nc2ccc(Cl)cc21)C1CC1. The molecule has 5 heteroatoms. The molecule has 0 bridgehead atoms. The maximum Gasteiger partial charge on any atom is 0.127 e. The van der Waals surface area contributed by atoms with Gasteiger partial charge < -0.3 is 4.57 Å². The third-order valence-corrected chi connectivity index (χ3v) is 4.61. The van der Waals surface area contributed by atoms with Crippen molar-refractivity contribution in [1.82, 2.24) is 14.5 Å². The lowest BCUT2D eigenvalue weighted by molar-refractivity contribution is 0.266. The zero-order valence-corrected chi connectivity index (χ0v) is 14.0. The highest BCUT2D eigenvalue weighted by Crippen LogP contribution is 2.29. The monoisotopic (exact) mass is 325 g/mol. The van der Waals surface area contributed by atoms with E-state index in [0.29, 0.717) is 0 Å². The van der Waals surface area contributed by atoms with Crippen molar-refractivity contribution in [3.05, 3.63) is 29.0 Å². The molecule has 1 heterocycles. The maximum atomic E-state index is 6.31. The normalized spacial score (nSPS) is 16.8. The summed E-state index contributed by atoms with van der Waals surface area (Å²) in [5, 5.41) is 0.638. The van der Waals surface area contributed by atoms with Crippen LogP contribution >= 0.6 is 23.2 Å². The minimum atomic E-state index is -0.104. The number of rotatable bonds is 6. The van der Waals surface area contributed by atoms with E-state index in [-0.39, 0.29) is 5.38 Å². The molecule has 1 aliphatic carbocycles. The molecule has 0 amide bonds. The molecule has 1 aliphatic rings. The van der Waals surface area contributed by atoms with Crippen molar-refractivity contribution in [2.45, 2.75) is 44.7 Å². The molecule has 114 valence electrons. The molecular formula is C16H21Cl2N3. The molecule has 0 radical (unpaired) electrons. The Morgan fingerprint density at radius 2 is 2.19 bits per heavy atom. The van der Waals surface area contributed by atoms with E-state index in [1.807, 2.05) is 25.1 Å². The van der Waals surface area contributed by atoms with Crippen molar-refractivity contribution >= 4 is 34.2 Å². The Balaban J connectivity index is 1.90. The van der Waals surface area contributed by atoms with Crippen molar-refractivity contribution < 1.29 is 0 Å². The van der Waals surface area contributed by atoms with Gasteiger partial charge in [-0.2, -0.15) is 0 Å². The van der Waals surface area contributed by atoms with Crippen LogP contribution in [0.1, 0.15) is 37.9 Å². The molecule has 1 unspecified atom stereocenters. The van der Waals surface area contributed by atoms with E-state index in [1.165, 1.54) is 12.8 Å². The van der Waals surface area contributed by atoms with Gasteiger partial charge in [-0.05, 0) is 44.5 Å². The summed E-state index contributed by atoms with van der Waals surface area (Å²) in [7, 11) is 0. The number of hydrogen-bond donors (Lipinski definition) is 0. The number of alkyl halides is 1. The van der Waals surface area contributed by atoms with Crippen LogP contribution in [0.2, 0.25) is 5.02 Å². The second kappa shape index (κ2) is 6.15. The van der Waals surface area contributed by atoms with E-state index in [2.05, 4.69) is 21.4 Å². The highest BCUT2D eigenvalue weighted by atomic mass is 35.5. The van der Waals surface area contributed by atoms with Gasteiger partial charge >= 0.3 is 0 Å². The van der Waals surface area contributed by atoms with Crippen molar-refractivity contribution in [2.75, 3.05) is 13.1 Å². The first-order valence-electron chi connectivity index (χ1n) is 7.64. The van der Waals surface area contributed by atoms with Gasteiger partial charge in [0.25, 0.3) is 0 Å². The largest absolute Gasteiger partial charge is 0.325 e. The van der Waals surface area contributed by atoms with Crippen LogP contribution < -0.4 is 0 Å². The topological polar surface area (TPSA) is 21.1 Å². The third-order valence-electron chi connectivity index (χ3n) is 4.18. The Kier molecular flexibility index (Phi) is 4.43. The van der Waals surface area contributed by atoms with Gasteiger partial charge in [-0.3, -0.25) is 4.90 Å². The minimum absolute atomic E-state index is 0.104. The molecule has 1 saturated carbocycles. The number of likely N-dealkylation sites (N-methyl/N-ethyl adjacent to an activating group) is 1. The van der Waals surface area contributed by atoms with Crippen LogP contribution in [0.25, 0.3) is 11.0 Å². The summed E-state index contributed by atoms with van der Waals surface area (Å²) in [6, 6.07) is 6.62. The standard InChI is InChI=1S/C16H21Cl2N3/c1-3-20(13-5-6-13)8-9-21-15-10-12(18)4-7-14(15)19-16(21)11(2)17/h4,7,10-11,13H,3,5-6,8-9H2,1-2H3. The summed E-state index contributed by atoms with van der Waals surface area (Å²) in [6.07, 6.45) is 2.67. The summed E-state index contributed by atoms with van der Waals surface area (Å²) in [6.45, 7) is 7.25. The zero-order valence-electron chi connectivity index (χ0n) is 12.5. The van der Waals surface area contributed by atoms with Crippen molar-refractivity contribution in [2.24, 2.45) is 0 Å². The van der Waals surface area contributed by atoms with Crippen LogP contribution in [0.3, 0.4) is 0 Å². The van der Waals surface area contributed by atoms with E-state index < -0.39 is 0 Å². The summed E-state index contributed by atoms with van der Waals surface area (Å²) >= 11 is 12.5. The summed E-state index contributed by atoms with van der Waals surface area (Å²) in [5.41, 5.74) is 2.05. The van der Waals surface area contributed by atoms with E-state index in [4.69, 9.17) is 23.2 Å². The van der Waals surface area contributed by atoms with Crippen molar-refractivity contribution in [3.8, 4) is 0 Å². The van der Waals surface area contributed by atoms with Gasteiger partial charge in [-0.1, -0.05) is 18.5 Å². The number of hydrogen-bond acceptors (Lipinski definition) is 2. The lowest BCUT2D eigenvalue weighted by Crippen LogP contribution is -2.29. The quantitative estimate of drug-likeness (QED) is 0.730. The maximum absolute atomic E-state index is 6.31. The van der Waals surface area contributed by atoms with E-state index in [0.717, 1.165) is 47.6 Å². The highest BCUT2D eigenvalue weighted by Gasteiger charge is 2.27. The number of imidazole rings is 1. The molecule has 0 N–H and O–H groups in total. The average molecular weight is 326 g/mol. The molecular weight excluding hydrogens is 305 g/mol. The molecule has 0 saturated heterocycles. The lowest BCUT2D eigenvalue weighted by atomic mass is 10.3. The van der Waals surface area contributed by atoms with Crippen LogP contribution in [0.4, 0.5) is 0 Å². The molecule has 3 nitrogen and oxygen atoms in total. The highest BCUT2D eigenvalue weighted by molar-refractivity contribution is 6.31. The smallest absolute Gasteiger partial charge is 0.127 e. The summed E-state index contributed by atoms with van der Waals surface area (Å²) < 4.78 is 2.23. The molecule has 0 aliphatic heterocycles. The predicted molar refractivity (Wildman–Crippen MR) is 89.3 cm³/mol. The Morgan fingerprint density at radius 3 is 2.81 bits per heavy atom. The lowest BCUT2D eigenvalue weighted by Gasteiger charge is -2.21. The van der Waals surface area contributed by atoms with Crippen LogP contribution in [0.15, 0.2) is 18.2 Å². The van der Waals surface area contributed by atoms with Crippen LogP contribution in [0.5, 0.6) is 0 Å². The Morgan fingerprint density at radius 1 is 1.43 bits per heavy atom. The fraction of sp³-hybridized carbons (Fsp3) is 0.562. The Labute approximate surface area is 135 Å². The number of halogens is 2. The average Bonchev–Trinajstić information content (AvgIpc) is 3.22. The molecule has 2 aromatic rings. The Hall–Kier alpha value is -0.770. The second-order valence-corrected chi connectivity index (χ2v) is 6.82. The van der Waals surface area contributed by atoms with Gasteiger partial charge in [-0.25, -0.2) is 4.98 Å². The molecule has 0 spiro atoms. The molecule has 1 fully saturated rings. The van der Waals surface area contributed by atoms with Crippen LogP contribution in [-0.2, 0) is 6.54 Å². The first kappa shape index (κ1) is 15.1. The van der Waals surface area contributed by atoms with Gasteiger partial charge in [0, 0.05) is 24.2 Å². The van der Waals surface area contributed by atoms with Crippen LogP contribution in [-0.4, -0.2) is 33.6 Å².